The van der Waals surface area contributed by atoms with Gasteiger partial charge < -0.3 is 0 Å². The second-order valence-corrected chi connectivity index (χ2v) is 2.72. The summed E-state index contributed by atoms with van der Waals surface area (Å²) >= 11 is 0. The Morgan fingerprint density at radius 3 is 2.65 bits per heavy atom. The first-order valence-electron chi connectivity index (χ1n) is 4.47. The van der Waals surface area contributed by atoms with E-state index in [0.29, 0.717) is 11.7 Å². The van der Waals surface area contributed by atoms with Crippen molar-refractivity contribution in [3.05, 3.63) is 12.2 Å². The van der Waals surface area contributed by atoms with E-state index in [1.165, 1.54) is 6.33 Å². The number of aromatic nitrogens is 7. The Labute approximate surface area is 95.3 Å². The molecule has 0 aliphatic heterocycles. The normalized spacial score (nSPS) is 11.2. The smallest absolute Gasteiger partial charge is 0.240 e. The summed E-state index contributed by atoms with van der Waals surface area (Å²) in [5.41, 5.74) is 2.53. The number of aromatic amines is 1. The second-order valence-electron chi connectivity index (χ2n) is 2.72. The van der Waals surface area contributed by atoms with Crippen LogP contribution in [0.3, 0.4) is 0 Å². The van der Waals surface area contributed by atoms with Crippen molar-refractivity contribution in [2.24, 2.45) is 10.1 Å². The quantitative estimate of drug-likeness (QED) is 0.379. The van der Waals surface area contributed by atoms with Crippen molar-refractivity contribution in [1.29, 1.82) is 0 Å². The summed E-state index contributed by atoms with van der Waals surface area (Å²) in [4.78, 5) is 7.74. The van der Waals surface area contributed by atoms with Gasteiger partial charge in [-0.15, -0.1) is 20.4 Å². The van der Waals surface area contributed by atoms with Gasteiger partial charge in [0.15, 0.2) is 11.7 Å². The number of amidine groups is 1. The molecule has 2 rings (SSSR count). The molecule has 0 aliphatic carbocycles. The molecule has 2 aromatic heterocycles. The van der Waals surface area contributed by atoms with Crippen LogP contribution in [0.1, 0.15) is 5.82 Å². The average molecular weight is 232 g/mol. The molecular formula is C7H8N10. The average Bonchev–Trinajstić information content (AvgIpc) is 2.90. The van der Waals surface area contributed by atoms with Crippen molar-refractivity contribution in [1.82, 2.24) is 41.0 Å². The van der Waals surface area contributed by atoms with E-state index in [4.69, 9.17) is 0 Å². The van der Waals surface area contributed by atoms with E-state index in [9.17, 15) is 0 Å². The number of H-pyrrole nitrogens is 1. The van der Waals surface area contributed by atoms with Crippen LogP contribution in [-0.2, 0) is 0 Å². The molecule has 0 fully saturated rings. The van der Waals surface area contributed by atoms with Gasteiger partial charge in [0.1, 0.15) is 6.33 Å². The molecule has 17 heavy (non-hydrogen) atoms. The number of hydrogen-bond acceptors (Lipinski definition) is 8. The standard InChI is InChI=1S/C7H8N10/c1-8-4(12-9-2)6-14-16-7(17-15-6)5-10-3-11-13-5/h3H,2H2,1H3,(H,8,12)(H,10,11,13). The maximum absolute atomic E-state index is 3.87. The topological polar surface area (TPSA) is 130 Å². The summed E-state index contributed by atoms with van der Waals surface area (Å²) in [5, 5.41) is 25.1. The van der Waals surface area contributed by atoms with E-state index in [1.807, 2.05) is 0 Å². The van der Waals surface area contributed by atoms with Crippen LogP contribution < -0.4 is 5.43 Å². The third-order valence-corrected chi connectivity index (χ3v) is 1.73. The van der Waals surface area contributed by atoms with Crippen LogP contribution >= 0.6 is 0 Å². The third kappa shape index (κ3) is 2.25. The van der Waals surface area contributed by atoms with Crippen molar-refractivity contribution >= 4 is 12.6 Å². The lowest BCUT2D eigenvalue weighted by Crippen LogP contribution is -2.22. The summed E-state index contributed by atoms with van der Waals surface area (Å²) in [6.45, 7) is 3.27. The first kappa shape index (κ1) is 10.7. The van der Waals surface area contributed by atoms with Crippen molar-refractivity contribution in [3.8, 4) is 11.6 Å². The van der Waals surface area contributed by atoms with Crippen LogP contribution in [-0.4, -0.2) is 55.2 Å². The van der Waals surface area contributed by atoms with Crippen LogP contribution in [0.4, 0.5) is 0 Å². The lowest BCUT2D eigenvalue weighted by atomic mass is 10.5. The first-order valence-corrected chi connectivity index (χ1v) is 4.47. The van der Waals surface area contributed by atoms with E-state index in [1.54, 1.807) is 7.05 Å². The Kier molecular flexibility index (Phi) is 3.05. The van der Waals surface area contributed by atoms with Gasteiger partial charge >= 0.3 is 0 Å². The fourth-order valence-electron chi connectivity index (χ4n) is 1.01. The Morgan fingerprint density at radius 2 is 2.12 bits per heavy atom. The minimum absolute atomic E-state index is 0.211. The fourth-order valence-corrected chi connectivity index (χ4v) is 1.01. The van der Waals surface area contributed by atoms with Gasteiger partial charge in [-0.1, -0.05) is 0 Å². The molecule has 0 atom stereocenters. The SMILES string of the molecule is C=NNC(=NC)c1nnc(-c2ncn[nH]2)nn1. The van der Waals surface area contributed by atoms with Gasteiger partial charge in [-0.05, 0) is 0 Å². The third-order valence-electron chi connectivity index (χ3n) is 1.73. The number of nitrogens with one attached hydrogen (secondary N) is 2. The molecule has 0 amide bonds. The molecule has 86 valence electrons. The minimum atomic E-state index is 0.211. The monoisotopic (exact) mass is 232 g/mol. The van der Waals surface area contributed by atoms with Gasteiger partial charge in [-0.3, -0.25) is 15.5 Å². The van der Waals surface area contributed by atoms with E-state index in [0.717, 1.165) is 0 Å². The Hall–Kier alpha value is -2.78. The van der Waals surface area contributed by atoms with Gasteiger partial charge in [0.2, 0.25) is 11.6 Å². The summed E-state index contributed by atoms with van der Waals surface area (Å²) < 4.78 is 0. The highest BCUT2D eigenvalue weighted by atomic mass is 15.4. The van der Waals surface area contributed by atoms with Crippen molar-refractivity contribution < 1.29 is 0 Å². The van der Waals surface area contributed by atoms with Crippen LogP contribution in [0.5, 0.6) is 0 Å². The molecule has 0 bridgehead atoms. The van der Waals surface area contributed by atoms with Crippen LogP contribution in [0.25, 0.3) is 11.6 Å². The molecule has 0 unspecified atom stereocenters. The highest BCUT2D eigenvalue weighted by Crippen LogP contribution is 2.02. The molecule has 10 nitrogen and oxygen atoms in total. The van der Waals surface area contributed by atoms with Crippen LogP contribution in [0.15, 0.2) is 16.4 Å². The second kappa shape index (κ2) is 4.83. The molecule has 0 aromatic carbocycles. The maximum Gasteiger partial charge on any atom is 0.240 e. The molecule has 0 spiro atoms. The Balaban J connectivity index is 2.27. The predicted octanol–water partition coefficient (Wildman–Crippen LogP) is -1.37. The summed E-state index contributed by atoms with van der Waals surface area (Å²) in [6, 6.07) is 0. The highest BCUT2D eigenvalue weighted by molar-refractivity contribution is 5.94. The number of hydrazone groups is 1. The van der Waals surface area contributed by atoms with E-state index < -0.39 is 0 Å². The molecule has 2 N–H and O–H groups in total. The van der Waals surface area contributed by atoms with E-state index in [-0.39, 0.29) is 11.6 Å². The first-order chi connectivity index (χ1) is 8.35. The molecule has 2 heterocycles. The zero-order chi connectivity index (χ0) is 12.1. The van der Waals surface area contributed by atoms with Crippen molar-refractivity contribution in [2.75, 3.05) is 7.05 Å². The van der Waals surface area contributed by atoms with Gasteiger partial charge in [-0.2, -0.15) is 10.2 Å². The Morgan fingerprint density at radius 1 is 1.35 bits per heavy atom. The lowest BCUT2D eigenvalue weighted by Gasteiger charge is -2.00. The lowest BCUT2D eigenvalue weighted by molar-refractivity contribution is 0.825. The van der Waals surface area contributed by atoms with Crippen molar-refractivity contribution in [2.45, 2.75) is 0 Å². The predicted molar refractivity (Wildman–Crippen MR) is 58.1 cm³/mol. The van der Waals surface area contributed by atoms with E-state index >= 15 is 0 Å². The largest absolute Gasteiger partial charge is 0.267 e. The zero-order valence-corrected chi connectivity index (χ0v) is 8.86. The molecule has 0 radical (unpaired) electrons. The molecule has 0 saturated heterocycles. The molecule has 0 aliphatic rings. The number of aliphatic imine (C=N–C) groups is 1. The summed E-state index contributed by atoms with van der Waals surface area (Å²) in [7, 11) is 1.56. The number of rotatable bonds is 3. The number of nitrogens with zero attached hydrogens (tertiary/aromatic N) is 8. The maximum atomic E-state index is 3.87. The van der Waals surface area contributed by atoms with Gasteiger partial charge in [-0.25, -0.2) is 4.98 Å². The molecular weight excluding hydrogens is 224 g/mol. The fraction of sp³-hybridized carbons (Fsp3) is 0.143. The number of hydrogen-bond donors (Lipinski definition) is 2. The van der Waals surface area contributed by atoms with Gasteiger partial charge in [0.25, 0.3) is 0 Å². The minimum Gasteiger partial charge on any atom is -0.267 e. The molecule has 0 saturated carbocycles. The molecule has 10 heteroatoms. The van der Waals surface area contributed by atoms with Crippen LogP contribution in [0.2, 0.25) is 0 Å². The van der Waals surface area contributed by atoms with Gasteiger partial charge in [0.05, 0.1) is 0 Å². The summed E-state index contributed by atoms with van der Waals surface area (Å²) in [6.07, 6.45) is 1.34. The molecule has 2 aromatic rings. The highest BCUT2D eigenvalue weighted by Gasteiger charge is 2.10. The van der Waals surface area contributed by atoms with E-state index in [2.05, 4.69) is 57.8 Å². The van der Waals surface area contributed by atoms with Crippen LogP contribution in [0, 0.1) is 0 Å². The Bertz CT molecular complexity index is 512. The zero-order valence-electron chi connectivity index (χ0n) is 8.86. The summed E-state index contributed by atoms with van der Waals surface area (Å²) in [5.74, 6) is 1.17. The van der Waals surface area contributed by atoms with Gasteiger partial charge in [0, 0.05) is 13.8 Å². The van der Waals surface area contributed by atoms with Crippen molar-refractivity contribution in [3.63, 3.8) is 0 Å².